The van der Waals surface area contributed by atoms with Crippen molar-refractivity contribution in [3.63, 3.8) is 0 Å². The standard InChI is InChI=1S/C23H25N3O4/c1-15-10-11-26(14-15)17-6-4-16(5-7-17)24-23(27)20-13-22(30-25-20)19-12-18(28-2)8-9-21(19)29-3/h4-9,12-13,15H,10-11,14H2,1-3H3,(H,24,27). The summed E-state index contributed by atoms with van der Waals surface area (Å²) in [6.45, 7) is 4.41. The molecular weight excluding hydrogens is 382 g/mol. The lowest BCUT2D eigenvalue weighted by atomic mass is 10.1. The number of amides is 1. The summed E-state index contributed by atoms with van der Waals surface area (Å²) in [4.78, 5) is 15.0. The fourth-order valence-corrected chi connectivity index (χ4v) is 3.64. The van der Waals surface area contributed by atoms with E-state index in [9.17, 15) is 4.79 Å². The van der Waals surface area contributed by atoms with E-state index in [4.69, 9.17) is 14.0 Å². The zero-order valence-corrected chi connectivity index (χ0v) is 17.3. The summed E-state index contributed by atoms with van der Waals surface area (Å²) in [5, 5.41) is 6.78. The number of benzene rings is 2. The lowest BCUT2D eigenvalue weighted by Gasteiger charge is -2.18. The molecule has 1 saturated heterocycles. The number of methoxy groups -OCH3 is 2. The molecule has 1 unspecified atom stereocenters. The molecule has 2 aromatic carbocycles. The Morgan fingerprint density at radius 2 is 1.93 bits per heavy atom. The van der Waals surface area contributed by atoms with Crippen LogP contribution in [0.5, 0.6) is 11.5 Å². The SMILES string of the molecule is COc1ccc(OC)c(-c2cc(C(=O)Nc3ccc(N4CCC(C)C4)cc3)no2)c1. The van der Waals surface area contributed by atoms with Gasteiger partial charge in [-0.3, -0.25) is 4.79 Å². The number of aromatic nitrogens is 1. The van der Waals surface area contributed by atoms with Crippen LogP contribution in [0.15, 0.2) is 53.1 Å². The monoisotopic (exact) mass is 407 g/mol. The van der Waals surface area contributed by atoms with E-state index in [1.807, 2.05) is 24.3 Å². The normalized spacial score (nSPS) is 15.8. The molecule has 3 aromatic rings. The number of hydrogen-bond acceptors (Lipinski definition) is 6. The van der Waals surface area contributed by atoms with Crippen molar-refractivity contribution in [3.05, 3.63) is 54.2 Å². The first-order chi connectivity index (χ1) is 14.6. The first-order valence-electron chi connectivity index (χ1n) is 9.93. The minimum absolute atomic E-state index is 0.187. The fourth-order valence-electron chi connectivity index (χ4n) is 3.64. The Labute approximate surface area is 175 Å². The molecule has 0 spiro atoms. The van der Waals surface area contributed by atoms with Gasteiger partial charge in [-0.2, -0.15) is 0 Å². The van der Waals surface area contributed by atoms with Crippen LogP contribution in [-0.4, -0.2) is 38.4 Å². The van der Waals surface area contributed by atoms with Gasteiger partial charge in [0, 0.05) is 30.5 Å². The molecule has 7 heteroatoms. The molecule has 1 N–H and O–H groups in total. The number of nitrogens with one attached hydrogen (secondary N) is 1. The fraction of sp³-hybridized carbons (Fsp3) is 0.304. The van der Waals surface area contributed by atoms with E-state index in [0.717, 1.165) is 13.1 Å². The largest absolute Gasteiger partial charge is 0.497 e. The molecule has 1 atom stereocenters. The molecule has 30 heavy (non-hydrogen) atoms. The zero-order chi connectivity index (χ0) is 21.1. The van der Waals surface area contributed by atoms with E-state index in [1.54, 1.807) is 38.5 Å². The number of hydrogen-bond donors (Lipinski definition) is 1. The predicted molar refractivity (Wildman–Crippen MR) is 115 cm³/mol. The molecule has 4 rings (SSSR count). The number of carbonyl (C=O) groups excluding carboxylic acids is 1. The quantitative estimate of drug-likeness (QED) is 0.650. The van der Waals surface area contributed by atoms with Crippen LogP contribution in [0.25, 0.3) is 11.3 Å². The minimum Gasteiger partial charge on any atom is -0.497 e. The van der Waals surface area contributed by atoms with Gasteiger partial charge >= 0.3 is 0 Å². The van der Waals surface area contributed by atoms with Crippen molar-refractivity contribution in [2.45, 2.75) is 13.3 Å². The molecule has 1 aliphatic heterocycles. The molecule has 1 aliphatic rings. The van der Waals surface area contributed by atoms with Crippen LogP contribution in [0.1, 0.15) is 23.8 Å². The number of rotatable bonds is 6. The van der Waals surface area contributed by atoms with Crippen LogP contribution in [0.3, 0.4) is 0 Å². The number of nitrogens with zero attached hydrogens (tertiary/aromatic N) is 2. The number of anilines is 2. The molecule has 156 valence electrons. The highest BCUT2D eigenvalue weighted by Gasteiger charge is 2.20. The second kappa shape index (κ2) is 8.49. The Bertz CT molecular complexity index is 1030. The maximum atomic E-state index is 12.6. The molecule has 1 fully saturated rings. The third kappa shape index (κ3) is 4.10. The van der Waals surface area contributed by atoms with E-state index < -0.39 is 0 Å². The first-order valence-corrected chi connectivity index (χ1v) is 9.93. The van der Waals surface area contributed by atoms with Crippen LogP contribution >= 0.6 is 0 Å². The van der Waals surface area contributed by atoms with Crippen molar-refractivity contribution in [2.24, 2.45) is 5.92 Å². The lowest BCUT2D eigenvalue weighted by Crippen LogP contribution is -2.19. The van der Waals surface area contributed by atoms with E-state index in [1.165, 1.54) is 12.1 Å². The van der Waals surface area contributed by atoms with Crippen molar-refractivity contribution in [1.82, 2.24) is 5.16 Å². The van der Waals surface area contributed by atoms with Crippen LogP contribution in [0.4, 0.5) is 11.4 Å². The Morgan fingerprint density at radius 1 is 1.13 bits per heavy atom. The third-order valence-corrected chi connectivity index (χ3v) is 5.33. The maximum Gasteiger partial charge on any atom is 0.277 e. The van der Waals surface area contributed by atoms with Gasteiger partial charge in [-0.15, -0.1) is 0 Å². The lowest BCUT2D eigenvalue weighted by molar-refractivity contribution is 0.101. The van der Waals surface area contributed by atoms with Crippen molar-refractivity contribution >= 4 is 17.3 Å². The molecule has 0 bridgehead atoms. The van der Waals surface area contributed by atoms with E-state index in [0.29, 0.717) is 34.4 Å². The molecule has 0 aliphatic carbocycles. The second-order valence-corrected chi connectivity index (χ2v) is 7.48. The summed E-state index contributed by atoms with van der Waals surface area (Å²) in [5.74, 6) is 2.06. The van der Waals surface area contributed by atoms with Gasteiger partial charge in [-0.05, 0) is 54.8 Å². The average molecular weight is 407 g/mol. The van der Waals surface area contributed by atoms with Crippen molar-refractivity contribution in [2.75, 3.05) is 37.5 Å². The van der Waals surface area contributed by atoms with Crippen LogP contribution < -0.4 is 19.7 Å². The van der Waals surface area contributed by atoms with E-state index >= 15 is 0 Å². The Morgan fingerprint density at radius 3 is 2.60 bits per heavy atom. The van der Waals surface area contributed by atoms with Gasteiger partial charge in [0.25, 0.3) is 5.91 Å². The van der Waals surface area contributed by atoms with Crippen molar-refractivity contribution in [1.29, 1.82) is 0 Å². The zero-order valence-electron chi connectivity index (χ0n) is 17.3. The maximum absolute atomic E-state index is 12.6. The summed E-state index contributed by atoms with van der Waals surface area (Å²) >= 11 is 0. The van der Waals surface area contributed by atoms with E-state index in [2.05, 4.69) is 22.3 Å². The molecule has 1 amide bonds. The van der Waals surface area contributed by atoms with Gasteiger partial charge in [-0.25, -0.2) is 0 Å². The van der Waals surface area contributed by atoms with Gasteiger partial charge in [0.1, 0.15) is 11.5 Å². The smallest absolute Gasteiger partial charge is 0.277 e. The van der Waals surface area contributed by atoms with E-state index in [-0.39, 0.29) is 11.6 Å². The molecular formula is C23H25N3O4. The highest BCUT2D eigenvalue weighted by molar-refractivity contribution is 6.03. The first kappa shape index (κ1) is 19.8. The highest BCUT2D eigenvalue weighted by Crippen LogP contribution is 2.34. The van der Waals surface area contributed by atoms with Gasteiger partial charge < -0.3 is 24.2 Å². The Hall–Kier alpha value is -3.48. The summed E-state index contributed by atoms with van der Waals surface area (Å²) < 4.78 is 16.0. The topological polar surface area (TPSA) is 76.8 Å². The summed E-state index contributed by atoms with van der Waals surface area (Å²) in [7, 11) is 3.15. The van der Waals surface area contributed by atoms with Crippen molar-refractivity contribution < 1.29 is 18.8 Å². The minimum atomic E-state index is -0.339. The van der Waals surface area contributed by atoms with Gasteiger partial charge in [-0.1, -0.05) is 12.1 Å². The van der Waals surface area contributed by atoms with Gasteiger partial charge in [0.15, 0.2) is 11.5 Å². The van der Waals surface area contributed by atoms with Crippen LogP contribution in [0, 0.1) is 5.92 Å². The molecule has 0 saturated carbocycles. The van der Waals surface area contributed by atoms with Gasteiger partial charge in [0.05, 0.1) is 19.8 Å². The summed E-state index contributed by atoms with van der Waals surface area (Å²) in [6.07, 6.45) is 1.21. The molecule has 1 aromatic heterocycles. The molecule has 2 heterocycles. The summed E-state index contributed by atoms with van der Waals surface area (Å²) in [6, 6.07) is 14.8. The van der Waals surface area contributed by atoms with Crippen LogP contribution in [-0.2, 0) is 0 Å². The number of carbonyl (C=O) groups is 1. The predicted octanol–water partition coefficient (Wildman–Crippen LogP) is 4.46. The number of ether oxygens (including phenoxy) is 2. The van der Waals surface area contributed by atoms with Crippen LogP contribution in [0.2, 0.25) is 0 Å². The molecule has 0 radical (unpaired) electrons. The Balaban J connectivity index is 1.47. The average Bonchev–Trinajstić information content (AvgIpc) is 3.43. The second-order valence-electron chi connectivity index (χ2n) is 7.48. The summed E-state index contributed by atoms with van der Waals surface area (Å²) in [5.41, 5.74) is 2.73. The third-order valence-electron chi connectivity index (χ3n) is 5.33. The van der Waals surface area contributed by atoms with Crippen molar-refractivity contribution in [3.8, 4) is 22.8 Å². The highest BCUT2D eigenvalue weighted by atomic mass is 16.5. The molecule has 7 nitrogen and oxygen atoms in total. The van der Waals surface area contributed by atoms with Gasteiger partial charge in [0.2, 0.25) is 0 Å². The Kier molecular flexibility index (Phi) is 5.61.